The van der Waals surface area contributed by atoms with E-state index in [0.29, 0.717) is 3.70 Å². The molecule has 0 bridgehead atoms. The molecule has 1 aromatic heterocycles. The molecule has 0 aliphatic rings. The number of aromatic nitrogens is 1. The van der Waals surface area contributed by atoms with E-state index in [9.17, 15) is 8.78 Å². The maximum absolute atomic E-state index is 12.4. The third-order valence-corrected chi connectivity index (χ3v) is 2.88. The molecule has 0 spiro atoms. The zero-order valence-electron chi connectivity index (χ0n) is 6.27. The molecule has 6 heteroatoms. The van der Waals surface area contributed by atoms with Gasteiger partial charge in [0.05, 0.1) is 16.8 Å². The summed E-state index contributed by atoms with van der Waals surface area (Å²) in [4.78, 5) is 3.89. The molecule has 0 amide bonds. The second-order valence-corrected chi connectivity index (χ2v) is 4.15. The fraction of sp³-hybridized carbons (Fsp3) is 0.286. The van der Waals surface area contributed by atoms with Gasteiger partial charge in [0, 0.05) is 5.56 Å². The molecule has 0 unspecified atom stereocenters. The number of hydrogen-bond donors (Lipinski definition) is 1. The fourth-order valence-corrected chi connectivity index (χ4v) is 1.96. The topological polar surface area (TPSA) is 33.1 Å². The van der Waals surface area contributed by atoms with Crippen molar-refractivity contribution in [3.8, 4) is 0 Å². The van der Waals surface area contributed by atoms with E-state index in [2.05, 4.69) is 20.9 Å². The fourth-order valence-electron chi connectivity index (χ4n) is 0.832. The van der Waals surface area contributed by atoms with Crippen molar-refractivity contribution in [3.05, 3.63) is 25.5 Å². The minimum Gasteiger partial charge on any atom is -0.390 e. The number of alkyl halides is 2. The summed E-state index contributed by atoms with van der Waals surface area (Å²) in [5.41, 5.74) is 0.102. The van der Waals surface area contributed by atoms with Gasteiger partial charge in [-0.3, -0.25) is 0 Å². The molecule has 0 aliphatic heterocycles. The van der Waals surface area contributed by atoms with Crippen LogP contribution in [0.5, 0.6) is 0 Å². The van der Waals surface area contributed by atoms with E-state index in [1.165, 1.54) is 6.07 Å². The lowest BCUT2D eigenvalue weighted by molar-refractivity contribution is 0.150. The van der Waals surface area contributed by atoms with E-state index in [1.54, 1.807) is 0 Å². The molecule has 2 nitrogen and oxygen atoms in total. The Balaban J connectivity index is 3.27. The second-order valence-electron chi connectivity index (χ2n) is 2.25. The van der Waals surface area contributed by atoms with E-state index in [-0.39, 0.29) is 22.3 Å². The molecule has 0 atom stereocenters. The van der Waals surface area contributed by atoms with Crippen LogP contribution in [0.3, 0.4) is 0 Å². The van der Waals surface area contributed by atoms with Crippen molar-refractivity contribution in [3.63, 3.8) is 0 Å². The summed E-state index contributed by atoms with van der Waals surface area (Å²) in [5, 5.41) is 8.81. The highest BCUT2D eigenvalue weighted by Crippen LogP contribution is 2.30. The first-order chi connectivity index (χ1) is 6.06. The van der Waals surface area contributed by atoms with Crippen LogP contribution in [0.2, 0.25) is 0 Å². The van der Waals surface area contributed by atoms with Gasteiger partial charge in [-0.15, -0.1) is 0 Å². The van der Waals surface area contributed by atoms with Gasteiger partial charge in [0.1, 0.15) is 3.70 Å². The van der Waals surface area contributed by atoms with Crippen LogP contribution in [0.4, 0.5) is 8.78 Å². The zero-order chi connectivity index (χ0) is 10.0. The predicted octanol–water partition coefficient (Wildman–Crippen LogP) is 2.88. The van der Waals surface area contributed by atoms with E-state index in [0.717, 1.165) is 0 Å². The smallest absolute Gasteiger partial charge is 0.265 e. The normalized spacial score (nSPS) is 10.9. The minimum absolute atomic E-state index is 0.136. The molecule has 0 saturated heterocycles. The number of halogens is 4. The zero-order valence-corrected chi connectivity index (χ0v) is 10.0. The molecular formula is C7H5BrF2INO. The van der Waals surface area contributed by atoms with Gasteiger partial charge in [-0.25, -0.2) is 13.8 Å². The highest BCUT2D eigenvalue weighted by molar-refractivity contribution is 14.1. The lowest BCUT2D eigenvalue weighted by Gasteiger charge is -2.07. The lowest BCUT2D eigenvalue weighted by atomic mass is 10.2. The van der Waals surface area contributed by atoms with Gasteiger partial charge in [0.15, 0.2) is 0 Å². The Morgan fingerprint density at radius 1 is 1.62 bits per heavy atom. The molecule has 72 valence electrons. The van der Waals surface area contributed by atoms with Gasteiger partial charge < -0.3 is 5.11 Å². The molecule has 0 aliphatic carbocycles. The van der Waals surface area contributed by atoms with Crippen molar-refractivity contribution in [2.24, 2.45) is 0 Å². The lowest BCUT2D eigenvalue weighted by Crippen LogP contribution is -1.99. The van der Waals surface area contributed by atoms with Gasteiger partial charge >= 0.3 is 0 Å². The molecule has 0 fully saturated rings. The molecule has 1 heterocycles. The van der Waals surface area contributed by atoms with E-state index in [1.807, 2.05) is 22.6 Å². The van der Waals surface area contributed by atoms with Crippen molar-refractivity contribution in [2.45, 2.75) is 13.0 Å². The third-order valence-electron chi connectivity index (χ3n) is 1.41. The number of nitrogens with zero attached hydrogens (tertiary/aromatic N) is 1. The van der Waals surface area contributed by atoms with Gasteiger partial charge in [0.25, 0.3) is 6.43 Å². The van der Waals surface area contributed by atoms with Crippen molar-refractivity contribution < 1.29 is 13.9 Å². The van der Waals surface area contributed by atoms with Crippen LogP contribution in [0.15, 0.2) is 10.5 Å². The van der Waals surface area contributed by atoms with Crippen LogP contribution in [0, 0.1) is 3.70 Å². The maximum atomic E-state index is 12.4. The summed E-state index contributed by atoms with van der Waals surface area (Å²) in [6.07, 6.45) is -2.56. The Morgan fingerprint density at radius 3 is 2.69 bits per heavy atom. The second kappa shape index (κ2) is 4.61. The summed E-state index contributed by atoms with van der Waals surface area (Å²) >= 11 is 4.80. The van der Waals surface area contributed by atoms with E-state index >= 15 is 0 Å². The summed E-state index contributed by atoms with van der Waals surface area (Å²) < 4.78 is 25.4. The van der Waals surface area contributed by atoms with Crippen molar-refractivity contribution >= 4 is 38.5 Å². The monoisotopic (exact) mass is 363 g/mol. The highest BCUT2D eigenvalue weighted by atomic mass is 127. The van der Waals surface area contributed by atoms with Crippen molar-refractivity contribution in [1.82, 2.24) is 4.98 Å². The van der Waals surface area contributed by atoms with E-state index < -0.39 is 6.43 Å². The van der Waals surface area contributed by atoms with Gasteiger partial charge in [-0.05, 0) is 44.6 Å². The molecule has 13 heavy (non-hydrogen) atoms. The average Bonchev–Trinajstić information content (AvgIpc) is 2.08. The summed E-state index contributed by atoms with van der Waals surface area (Å²) in [6, 6.07) is 1.29. The first kappa shape index (κ1) is 11.3. The Labute approximate surface area is 95.6 Å². The van der Waals surface area contributed by atoms with Gasteiger partial charge in [-0.1, -0.05) is 0 Å². The largest absolute Gasteiger partial charge is 0.390 e. The first-order valence-corrected chi connectivity index (χ1v) is 5.17. The first-order valence-electron chi connectivity index (χ1n) is 3.30. The summed E-state index contributed by atoms with van der Waals surface area (Å²) in [7, 11) is 0. The number of rotatable bonds is 2. The van der Waals surface area contributed by atoms with Crippen molar-refractivity contribution in [2.75, 3.05) is 0 Å². The van der Waals surface area contributed by atoms with Crippen LogP contribution >= 0.6 is 38.5 Å². The van der Waals surface area contributed by atoms with Crippen LogP contribution in [-0.2, 0) is 6.61 Å². The highest BCUT2D eigenvalue weighted by Gasteiger charge is 2.16. The maximum Gasteiger partial charge on any atom is 0.265 e. The third kappa shape index (κ3) is 2.57. The Morgan fingerprint density at radius 2 is 2.23 bits per heavy atom. The van der Waals surface area contributed by atoms with Crippen LogP contribution < -0.4 is 0 Å². The molecule has 0 radical (unpaired) electrons. The molecular weight excluding hydrogens is 359 g/mol. The molecule has 0 aromatic carbocycles. The Bertz CT molecular complexity index is 322. The van der Waals surface area contributed by atoms with E-state index in [4.69, 9.17) is 5.11 Å². The summed E-state index contributed by atoms with van der Waals surface area (Å²) in [5.74, 6) is 0. The quantitative estimate of drug-likeness (QED) is 0.647. The average molecular weight is 364 g/mol. The van der Waals surface area contributed by atoms with Gasteiger partial charge in [0.2, 0.25) is 0 Å². The minimum atomic E-state index is -2.56. The van der Waals surface area contributed by atoms with Crippen LogP contribution in [-0.4, -0.2) is 10.1 Å². The molecule has 1 aromatic rings. The molecule has 1 rings (SSSR count). The SMILES string of the molecule is OCc1nc(I)cc(C(F)F)c1Br. The van der Waals surface area contributed by atoms with Crippen molar-refractivity contribution in [1.29, 1.82) is 0 Å². The summed E-state index contributed by atoms with van der Waals surface area (Å²) in [6.45, 7) is -0.350. The van der Waals surface area contributed by atoms with Crippen LogP contribution in [0.1, 0.15) is 17.7 Å². The number of pyridine rings is 1. The Kier molecular flexibility index (Phi) is 3.99. The number of aliphatic hydroxyl groups is 1. The molecule has 0 saturated carbocycles. The molecule has 1 N–H and O–H groups in total. The predicted molar refractivity (Wildman–Crippen MR) is 55.5 cm³/mol. The number of hydrogen-bond acceptors (Lipinski definition) is 2. The van der Waals surface area contributed by atoms with Crippen LogP contribution in [0.25, 0.3) is 0 Å². The van der Waals surface area contributed by atoms with Gasteiger partial charge in [-0.2, -0.15) is 0 Å². The standard InChI is InChI=1S/C7H5BrF2INO/c8-6-3(7(9)10)1-5(11)12-4(6)2-13/h1,7,13H,2H2. The Hall–Kier alpha value is 0.180. The number of aliphatic hydroxyl groups excluding tert-OH is 1.